The zero-order valence-corrected chi connectivity index (χ0v) is 35.6. The number of phenolic OH excluding ortho intramolecular Hbond substituents is 1. The van der Waals surface area contributed by atoms with E-state index >= 15 is 0 Å². The summed E-state index contributed by atoms with van der Waals surface area (Å²) in [6.45, 7) is 15.9. The van der Waals surface area contributed by atoms with Gasteiger partial charge in [0.1, 0.15) is 23.3 Å². The Hall–Kier alpha value is -5.99. The number of ether oxygens (including phenoxy) is 1. The van der Waals surface area contributed by atoms with Crippen molar-refractivity contribution >= 4 is 34.4 Å². The number of aromatic nitrogens is 2. The van der Waals surface area contributed by atoms with Crippen molar-refractivity contribution in [1.82, 2.24) is 29.6 Å². The molecule has 1 saturated carbocycles. The minimum Gasteiger partial charge on any atom is -0.507 e. The number of carbonyl (C=O) groups is 2. The molecular weight excluding hydrogens is 769 g/mol. The van der Waals surface area contributed by atoms with Gasteiger partial charge in [0.2, 0.25) is 0 Å². The highest BCUT2D eigenvalue weighted by atomic mass is 16.5. The number of phenols is 1. The smallest absolute Gasteiger partial charge is 0.326 e. The quantitative estimate of drug-likeness (QED) is 0.129. The predicted octanol–water partition coefficient (Wildman–Crippen LogP) is 5.83. The summed E-state index contributed by atoms with van der Waals surface area (Å²) < 4.78 is 8.79. The van der Waals surface area contributed by atoms with Crippen molar-refractivity contribution in [2.24, 2.45) is 23.1 Å². The van der Waals surface area contributed by atoms with Crippen LogP contribution in [0.5, 0.6) is 5.75 Å². The minimum atomic E-state index is -0.283. The van der Waals surface area contributed by atoms with E-state index in [1.807, 2.05) is 49.2 Å². The SMILES string of the molecule is C=C1CCN(c2cnc3c(c2)c(C)cn3C2CCC(CN3CCN(C(=O)c4ccc(C5CN(C(/C=C(\N)c6ccccc6O)=C(N)N)CC(C)O5)c(C)c4)CC3)CC2)C(=O)N1. The normalized spacial score (nSPS) is 23.0. The van der Waals surface area contributed by atoms with Gasteiger partial charge < -0.3 is 46.7 Å². The summed E-state index contributed by atoms with van der Waals surface area (Å²) in [5.41, 5.74) is 26.6. The molecule has 61 heavy (non-hydrogen) atoms. The van der Waals surface area contributed by atoms with Gasteiger partial charge in [-0.2, -0.15) is 0 Å². The van der Waals surface area contributed by atoms with Gasteiger partial charge >= 0.3 is 6.03 Å². The van der Waals surface area contributed by atoms with Crippen LogP contribution in [0.3, 0.4) is 0 Å². The number of hydrogen-bond acceptors (Lipinski definition) is 10. The van der Waals surface area contributed by atoms with Crippen LogP contribution in [0.1, 0.15) is 83.8 Å². The maximum Gasteiger partial charge on any atom is 0.326 e. The number of fused-ring (bicyclic) bond motifs is 1. The third-order valence-electron chi connectivity index (χ3n) is 13.0. The molecule has 5 heterocycles. The average Bonchev–Trinajstić information content (AvgIpc) is 3.57. The first-order chi connectivity index (χ1) is 29.3. The maximum absolute atomic E-state index is 13.8. The van der Waals surface area contributed by atoms with Crippen LogP contribution in [-0.4, -0.2) is 99.8 Å². The lowest BCUT2D eigenvalue weighted by Crippen LogP contribution is -2.50. The van der Waals surface area contributed by atoms with Gasteiger partial charge in [-0.1, -0.05) is 24.8 Å². The molecule has 3 amide bonds. The van der Waals surface area contributed by atoms with Crippen molar-refractivity contribution in [3.8, 4) is 5.75 Å². The largest absolute Gasteiger partial charge is 0.507 e. The molecule has 4 fully saturated rings. The first kappa shape index (κ1) is 41.7. The number of aryl methyl sites for hydroxylation is 2. The van der Waals surface area contributed by atoms with E-state index in [2.05, 4.69) is 45.4 Å². The third kappa shape index (κ3) is 8.92. The maximum atomic E-state index is 13.8. The van der Waals surface area contributed by atoms with Gasteiger partial charge in [-0.15, -0.1) is 0 Å². The minimum absolute atomic E-state index is 0.0559. The van der Waals surface area contributed by atoms with E-state index in [9.17, 15) is 14.7 Å². The number of morpholine rings is 1. The van der Waals surface area contributed by atoms with Gasteiger partial charge in [0.25, 0.3) is 5.91 Å². The van der Waals surface area contributed by atoms with Crippen molar-refractivity contribution < 1.29 is 19.4 Å². The summed E-state index contributed by atoms with van der Waals surface area (Å²) in [6.07, 6.45) is 10.6. The zero-order valence-electron chi connectivity index (χ0n) is 35.6. The first-order valence-electron chi connectivity index (χ1n) is 21.6. The average molecular weight is 829 g/mol. The molecule has 4 aromatic rings. The van der Waals surface area contributed by atoms with Gasteiger partial charge in [0, 0.05) is 98.9 Å². The molecular formula is C47H60N10O4. The second-order valence-electron chi connectivity index (χ2n) is 17.4. The fourth-order valence-electron chi connectivity index (χ4n) is 9.66. The molecule has 0 radical (unpaired) electrons. The molecule has 2 aromatic carbocycles. The molecule has 3 saturated heterocycles. The highest BCUT2D eigenvalue weighted by Gasteiger charge is 2.32. The zero-order chi connectivity index (χ0) is 42.9. The lowest BCUT2D eigenvalue weighted by Gasteiger charge is -2.40. The van der Waals surface area contributed by atoms with Gasteiger partial charge in [0.05, 0.1) is 23.7 Å². The molecule has 0 bridgehead atoms. The number of nitrogens with one attached hydrogen (secondary N) is 1. The highest BCUT2D eigenvalue weighted by Crippen LogP contribution is 2.37. The number of hydrogen-bond donors (Lipinski definition) is 5. The second kappa shape index (κ2) is 17.5. The lowest BCUT2D eigenvalue weighted by molar-refractivity contribution is -0.0686. The van der Waals surface area contributed by atoms with Crippen molar-refractivity contribution in [3.05, 3.63) is 119 Å². The van der Waals surface area contributed by atoms with Crippen molar-refractivity contribution in [2.45, 2.75) is 71.1 Å². The van der Waals surface area contributed by atoms with E-state index in [0.717, 1.165) is 85.3 Å². The van der Waals surface area contributed by atoms with Crippen LogP contribution < -0.4 is 27.4 Å². The standard InChI is InChI=1S/C47H60N10O4/c1-29-21-34(11-14-37(29)43-28-55(26-32(4)61-43)41(44(49)50)23-40(48)38-7-5-6-8-42(38)58)46(59)54-19-17-53(18-20-54)27-33-9-12-35(13-10-33)57-25-30(2)39-22-36(24-51-45(39)57)56-16-15-31(3)52-47(56)60/h5-8,11,14,21-25,32-33,35,43,58H,3,9-10,12-13,15-20,26-28,48-50H2,1-2,4H3,(H,52,60)/b40-23-. The monoisotopic (exact) mass is 828 g/mol. The number of nitrogens with zero attached hydrogens (tertiary/aromatic N) is 6. The summed E-state index contributed by atoms with van der Waals surface area (Å²) in [4.78, 5) is 39.6. The van der Waals surface area contributed by atoms with Gasteiger partial charge in [-0.3, -0.25) is 14.6 Å². The lowest BCUT2D eigenvalue weighted by atomic mass is 9.85. The van der Waals surface area contributed by atoms with Crippen LogP contribution in [0.4, 0.5) is 10.5 Å². The molecule has 1 aliphatic carbocycles. The predicted molar refractivity (Wildman–Crippen MR) is 239 cm³/mol. The number of nitrogens with two attached hydrogens (primary N) is 3. The Morgan fingerprint density at radius 2 is 1.72 bits per heavy atom. The summed E-state index contributed by atoms with van der Waals surface area (Å²) in [7, 11) is 0. The van der Waals surface area contributed by atoms with Gasteiger partial charge in [0.15, 0.2) is 0 Å². The Morgan fingerprint density at radius 3 is 2.43 bits per heavy atom. The number of para-hydroxylation sites is 1. The Balaban J connectivity index is 0.834. The summed E-state index contributed by atoms with van der Waals surface area (Å²) >= 11 is 0. The number of carbonyl (C=O) groups excluding carboxylic acids is 2. The fourth-order valence-corrected chi connectivity index (χ4v) is 9.66. The summed E-state index contributed by atoms with van der Waals surface area (Å²) in [6, 6.07) is 15.1. The van der Waals surface area contributed by atoms with E-state index < -0.39 is 0 Å². The number of rotatable bonds is 9. The topological polar surface area (TPSA) is 184 Å². The molecule has 3 aliphatic heterocycles. The Labute approximate surface area is 358 Å². The molecule has 14 nitrogen and oxygen atoms in total. The molecule has 8 rings (SSSR count). The first-order valence-corrected chi connectivity index (χ1v) is 21.6. The molecule has 8 N–H and O–H groups in total. The second-order valence-corrected chi connectivity index (χ2v) is 17.4. The van der Waals surface area contributed by atoms with Crippen molar-refractivity contribution in [3.63, 3.8) is 0 Å². The van der Waals surface area contributed by atoms with Crippen LogP contribution >= 0.6 is 0 Å². The number of amides is 3. The number of anilines is 1. The fraction of sp³-hybridized carbons (Fsp3) is 0.426. The van der Waals surface area contributed by atoms with Crippen LogP contribution in [0.2, 0.25) is 0 Å². The van der Waals surface area contributed by atoms with Crippen molar-refractivity contribution in [1.29, 1.82) is 0 Å². The summed E-state index contributed by atoms with van der Waals surface area (Å²) in [5, 5.41) is 14.3. The van der Waals surface area contributed by atoms with Crippen LogP contribution in [0, 0.1) is 19.8 Å². The number of aromatic hydroxyl groups is 1. The van der Waals surface area contributed by atoms with E-state index in [4.69, 9.17) is 26.9 Å². The summed E-state index contributed by atoms with van der Waals surface area (Å²) in [5.74, 6) is 0.885. The van der Waals surface area contributed by atoms with Crippen LogP contribution in [0.15, 0.2) is 90.8 Å². The molecule has 2 unspecified atom stereocenters. The molecule has 322 valence electrons. The Bertz CT molecular complexity index is 2370. The number of allylic oxidation sites excluding steroid dienone is 1. The van der Waals surface area contributed by atoms with E-state index in [0.29, 0.717) is 67.2 Å². The molecule has 2 atom stereocenters. The van der Waals surface area contributed by atoms with E-state index in [-0.39, 0.29) is 35.7 Å². The third-order valence-corrected chi connectivity index (χ3v) is 13.0. The molecule has 14 heteroatoms. The molecule has 4 aliphatic rings. The molecule has 2 aromatic heterocycles. The van der Waals surface area contributed by atoms with E-state index in [1.54, 1.807) is 29.2 Å². The number of benzene rings is 2. The molecule has 0 spiro atoms. The number of urea groups is 1. The van der Waals surface area contributed by atoms with Crippen LogP contribution in [0.25, 0.3) is 16.7 Å². The number of pyridine rings is 1. The van der Waals surface area contributed by atoms with Crippen molar-refractivity contribution in [2.75, 3.05) is 57.3 Å². The van der Waals surface area contributed by atoms with E-state index in [1.165, 1.54) is 5.56 Å². The number of piperazine rings is 1. The Morgan fingerprint density at radius 1 is 0.967 bits per heavy atom. The highest BCUT2D eigenvalue weighted by molar-refractivity contribution is 5.96. The van der Waals surface area contributed by atoms with Crippen LogP contribution in [-0.2, 0) is 4.74 Å². The Kier molecular flexibility index (Phi) is 12.0. The van der Waals surface area contributed by atoms with Gasteiger partial charge in [-0.25, -0.2) is 9.78 Å². The van der Waals surface area contributed by atoms with Gasteiger partial charge in [-0.05, 0) is 105 Å².